The minimum Gasteiger partial charge on any atom is -0.452 e. The Labute approximate surface area is 207 Å². The van der Waals surface area contributed by atoms with Crippen molar-refractivity contribution < 1.29 is 14.3 Å². The van der Waals surface area contributed by atoms with Gasteiger partial charge < -0.3 is 9.72 Å². The molecule has 0 spiro atoms. The number of nitrogens with zero attached hydrogens (tertiary/aromatic N) is 2. The van der Waals surface area contributed by atoms with Crippen LogP contribution in [0.15, 0.2) is 82.6 Å². The largest absolute Gasteiger partial charge is 0.452 e. The van der Waals surface area contributed by atoms with Gasteiger partial charge in [0, 0.05) is 21.0 Å². The summed E-state index contributed by atoms with van der Waals surface area (Å²) in [5.41, 5.74) is 4.28. The Morgan fingerprint density at radius 3 is 2.56 bits per heavy atom. The maximum absolute atomic E-state index is 12.8. The van der Waals surface area contributed by atoms with Crippen LogP contribution in [-0.2, 0) is 9.53 Å². The van der Waals surface area contributed by atoms with Gasteiger partial charge in [-0.3, -0.25) is 10.1 Å². The maximum atomic E-state index is 12.8. The van der Waals surface area contributed by atoms with E-state index in [1.165, 1.54) is 11.3 Å². The molecule has 0 aliphatic rings. The number of aromatic nitrogens is 3. The lowest BCUT2D eigenvalue weighted by molar-refractivity contribution is -0.119. The van der Waals surface area contributed by atoms with E-state index >= 15 is 0 Å². The fourth-order valence-electron chi connectivity index (χ4n) is 3.40. The zero-order valence-corrected chi connectivity index (χ0v) is 20.0. The number of halogens is 1. The molecule has 0 aliphatic carbocycles. The van der Waals surface area contributed by atoms with Crippen LogP contribution >= 0.6 is 27.3 Å². The van der Waals surface area contributed by atoms with Gasteiger partial charge in [0.15, 0.2) is 11.7 Å². The number of carbonyl (C=O) groups is 2. The second kappa shape index (κ2) is 9.58. The minimum absolute atomic E-state index is 0.320. The molecule has 3 aromatic carbocycles. The fraction of sp³-hybridized carbons (Fsp3) is 0.0400. The van der Waals surface area contributed by atoms with Crippen molar-refractivity contribution in [2.75, 3.05) is 11.9 Å². The molecular weight excluding hydrogens is 516 g/mol. The van der Waals surface area contributed by atoms with Crippen molar-refractivity contribution in [2.24, 2.45) is 0 Å². The third-order valence-electron chi connectivity index (χ3n) is 5.02. The van der Waals surface area contributed by atoms with Crippen LogP contribution in [0.25, 0.3) is 33.7 Å². The summed E-state index contributed by atoms with van der Waals surface area (Å²) in [7, 11) is 0. The average molecular weight is 533 g/mol. The van der Waals surface area contributed by atoms with Crippen LogP contribution in [0, 0.1) is 0 Å². The molecule has 0 fully saturated rings. The Morgan fingerprint density at radius 2 is 1.74 bits per heavy atom. The summed E-state index contributed by atoms with van der Waals surface area (Å²) in [5.74, 6) is -0.520. The quantitative estimate of drug-likeness (QED) is 0.265. The Bertz CT molecular complexity index is 1460. The number of esters is 1. The van der Waals surface area contributed by atoms with Crippen molar-refractivity contribution in [1.82, 2.24) is 15.0 Å². The first-order chi connectivity index (χ1) is 16.6. The smallest absolute Gasteiger partial charge is 0.339 e. The van der Waals surface area contributed by atoms with Gasteiger partial charge in [0.1, 0.15) is 5.82 Å². The number of nitrogens with one attached hydrogen (secondary N) is 2. The Balaban J connectivity index is 1.24. The summed E-state index contributed by atoms with van der Waals surface area (Å²) in [6.45, 7) is -0.430. The van der Waals surface area contributed by atoms with Gasteiger partial charge in [-0.15, -0.1) is 11.3 Å². The SMILES string of the molecule is O=C(COC(=O)c1ccccc1-c1nc2ccccc2[nH]1)Nc1nc(-c2ccc(Br)cc2)cs1. The number of benzene rings is 3. The van der Waals surface area contributed by atoms with E-state index in [4.69, 9.17) is 4.74 Å². The summed E-state index contributed by atoms with van der Waals surface area (Å²) in [5, 5.41) is 4.97. The summed E-state index contributed by atoms with van der Waals surface area (Å²) in [6.07, 6.45) is 0. The third-order valence-corrected chi connectivity index (χ3v) is 6.30. The van der Waals surface area contributed by atoms with Crippen molar-refractivity contribution in [3.8, 4) is 22.6 Å². The van der Waals surface area contributed by atoms with Gasteiger partial charge in [0.2, 0.25) is 0 Å². The minimum atomic E-state index is -0.610. The van der Waals surface area contributed by atoms with Crippen molar-refractivity contribution >= 4 is 55.3 Å². The normalized spacial score (nSPS) is 10.9. The van der Waals surface area contributed by atoms with Gasteiger partial charge in [0.25, 0.3) is 5.91 Å². The van der Waals surface area contributed by atoms with Crippen molar-refractivity contribution in [3.63, 3.8) is 0 Å². The lowest BCUT2D eigenvalue weighted by Gasteiger charge is -2.08. The highest BCUT2D eigenvalue weighted by atomic mass is 79.9. The van der Waals surface area contributed by atoms with E-state index in [1.54, 1.807) is 18.2 Å². The van der Waals surface area contributed by atoms with Crippen molar-refractivity contribution in [1.29, 1.82) is 0 Å². The highest BCUT2D eigenvalue weighted by Gasteiger charge is 2.18. The average Bonchev–Trinajstić information content (AvgIpc) is 3.50. The van der Waals surface area contributed by atoms with Gasteiger partial charge >= 0.3 is 5.97 Å². The molecule has 5 aromatic rings. The van der Waals surface area contributed by atoms with E-state index in [2.05, 4.69) is 36.2 Å². The number of aromatic amines is 1. The number of anilines is 1. The molecule has 9 heteroatoms. The predicted octanol–water partition coefficient (Wildman–Crippen LogP) is 5.91. The monoisotopic (exact) mass is 532 g/mol. The molecule has 1 amide bonds. The van der Waals surface area contributed by atoms with Crippen molar-refractivity contribution in [2.45, 2.75) is 0 Å². The van der Waals surface area contributed by atoms with Crippen LogP contribution in [0.4, 0.5) is 5.13 Å². The molecule has 0 atom stereocenters. The molecule has 5 rings (SSSR count). The zero-order chi connectivity index (χ0) is 23.5. The highest BCUT2D eigenvalue weighted by Crippen LogP contribution is 2.27. The number of carbonyl (C=O) groups excluding carboxylic acids is 2. The molecule has 0 radical (unpaired) electrons. The molecule has 0 aliphatic heterocycles. The first-order valence-electron chi connectivity index (χ1n) is 10.3. The number of amides is 1. The third kappa shape index (κ3) is 4.75. The van der Waals surface area contributed by atoms with Crippen LogP contribution in [0.5, 0.6) is 0 Å². The standard InChI is InChI=1S/C25H17BrN4O3S/c26-16-11-9-15(10-12-16)21-14-34-25(29-21)30-22(31)13-33-24(32)18-6-2-1-5-17(18)23-27-19-7-3-4-8-20(19)28-23/h1-12,14H,13H2,(H,27,28)(H,29,30,31). The molecule has 0 bridgehead atoms. The fourth-order valence-corrected chi connectivity index (χ4v) is 4.40. The van der Waals surface area contributed by atoms with Crippen LogP contribution in [0.1, 0.15) is 10.4 Å². The second-order valence-electron chi connectivity index (χ2n) is 7.32. The Kier molecular flexibility index (Phi) is 6.20. The number of hydrogen-bond donors (Lipinski definition) is 2. The number of hydrogen-bond acceptors (Lipinski definition) is 6. The summed E-state index contributed by atoms with van der Waals surface area (Å²) >= 11 is 4.71. The molecule has 2 heterocycles. The van der Waals surface area contributed by atoms with Crippen molar-refractivity contribution in [3.05, 3.63) is 88.2 Å². The number of thiazole rings is 1. The lowest BCUT2D eigenvalue weighted by atomic mass is 10.1. The van der Waals surface area contributed by atoms with E-state index in [0.29, 0.717) is 22.1 Å². The molecular formula is C25H17BrN4O3S. The molecule has 0 unspecified atom stereocenters. The Morgan fingerprint density at radius 1 is 0.971 bits per heavy atom. The highest BCUT2D eigenvalue weighted by molar-refractivity contribution is 9.10. The molecule has 0 saturated carbocycles. The van der Waals surface area contributed by atoms with Crippen LogP contribution < -0.4 is 5.32 Å². The van der Waals surface area contributed by atoms with Crippen LogP contribution in [-0.4, -0.2) is 33.4 Å². The summed E-state index contributed by atoms with van der Waals surface area (Å²) in [6, 6.07) is 22.3. The van der Waals surface area contributed by atoms with Gasteiger partial charge in [-0.05, 0) is 30.3 Å². The molecule has 2 aromatic heterocycles. The zero-order valence-electron chi connectivity index (χ0n) is 17.6. The number of ether oxygens (including phenoxy) is 1. The Hall–Kier alpha value is -3.82. The summed E-state index contributed by atoms with van der Waals surface area (Å²) in [4.78, 5) is 37.3. The predicted molar refractivity (Wildman–Crippen MR) is 136 cm³/mol. The topological polar surface area (TPSA) is 97.0 Å². The molecule has 34 heavy (non-hydrogen) atoms. The molecule has 0 saturated heterocycles. The van der Waals surface area contributed by atoms with E-state index in [0.717, 1.165) is 26.8 Å². The van der Waals surface area contributed by atoms with Crippen LogP contribution in [0.3, 0.4) is 0 Å². The summed E-state index contributed by atoms with van der Waals surface area (Å²) < 4.78 is 6.26. The van der Waals surface area contributed by atoms with E-state index < -0.39 is 18.5 Å². The number of rotatable bonds is 6. The van der Waals surface area contributed by atoms with Gasteiger partial charge in [-0.2, -0.15) is 0 Å². The molecule has 168 valence electrons. The number of imidazole rings is 1. The van der Waals surface area contributed by atoms with Gasteiger partial charge in [-0.1, -0.05) is 58.4 Å². The van der Waals surface area contributed by atoms with E-state index in [9.17, 15) is 9.59 Å². The second-order valence-corrected chi connectivity index (χ2v) is 9.09. The van der Waals surface area contributed by atoms with Gasteiger partial charge in [0.05, 0.1) is 22.3 Å². The number of fused-ring (bicyclic) bond motifs is 1. The first kappa shape index (κ1) is 22.0. The van der Waals surface area contributed by atoms with Gasteiger partial charge in [-0.25, -0.2) is 14.8 Å². The molecule has 2 N–H and O–H groups in total. The first-order valence-corrected chi connectivity index (χ1v) is 12.0. The van der Waals surface area contributed by atoms with E-state index in [-0.39, 0.29) is 0 Å². The number of para-hydroxylation sites is 2. The molecule has 7 nitrogen and oxygen atoms in total. The maximum Gasteiger partial charge on any atom is 0.339 e. The van der Waals surface area contributed by atoms with E-state index in [1.807, 2.05) is 60.0 Å². The van der Waals surface area contributed by atoms with Crippen LogP contribution in [0.2, 0.25) is 0 Å². The lowest BCUT2D eigenvalue weighted by Crippen LogP contribution is -2.21. The number of H-pyrrole nitrogens is 1.